The van der Waals surface area contributed by atoms with E-state index in [-0.39, 0.29) is 6.61 Å². The van der Waals surface area contributed by atoms with Gasteiger partial charge in [-0.25, -0.2) is 0 Å². The van der Waals surface area contributed by atoms with Gasteiger partial charge in [0.25, 0.3) is 0 Å². The van der Waals surface area contributed by atoms with E-state index in [1.54, 1.807) is 0 Å². The van der Waals surface area contributed by atoms with Crippen LogP contribution in [0.25, 0.3) is 0 Å². The van der Waals surface area contributed by atoms with Crippen LogP contribution >= 0.6 is 0 Å². The number of fused-ring (bicyclic) bond motifs is 1. The van der Waals surface area contributed by atoms with Crippen LogP contribution < -0.4 is 5.32 Å². The molecule has 1 heterocycles. The summed E-state index contributed by atoms with van der Waals surface area (Å²) in [4.78, 5) is 0. The standard InChI is InChI=1S/C10H13NO/c1-7-2-3-10-9(4-7)8(6-12)5-11-10/h2-4,8,11-12H,5-6H2,1H3. The van der Waals surface area contributed by atoms with Crippen LogP contribution in [0.4, 0.5) is 5.69 Å². The lowest BCUT2D eigenvalue weighted by Crippen LogP contribution is -2.05. The summed E-state index contributed by atoms with van der Waals surface area (Å²) < 4.78 is 0. The minimum absolute atomic E-state index is 0.240. The summed E-state index contributed by atoms with van der Waals surface area (Å²) in [5.74, 6) is 0.292. The lowest BCUT2D eigenvalue weighted by Gasteiger charge is -2.05. The average molecular weight is 163 g/mol. The summed E-state index contributed by atoms with van der Waals surface area (Å²) in [6.07, 6.45) is 0. The zero-order valence-electron chi connectivity index (χ0n) is 7.17. The lowest BCUT2D eigenvalue weighted by atomic mass is 10.0. The number of aryl methyl sites for hydroxylation is 1. The molecule has 0 bridgehead atoms. The van der Waals surface area contributed by atoms with Crippen LogP contribution in [0, 0.1) is 6.92 Å². The van der Waals surface area contributed by atoms with Crippen LogP contribution in [0.5, 0.6) is 0 Å². The van der Waals surface area contributed by atoms with Gasteiger partial charge in [0, 0.05) is 18.2 Å². The van der Waals surface area contributed by atoms with E-state index < -0.39 is 0 Å². The van der Waals surface area contributed by atoms with Crippen molar-refractivity contribution in [3.05, 3.63) is 29.3 Å². The zero-order chi connectivity index (χ0) is 8.55. The first-order valence-corrected chi connectivity index (χ1v) is 4.26. The van der Waals surface area contributed by atoms with Crippen molar-refractivity contribution in [1.29, 1.82) is 0 Å². The van der Waals surface area contributed by atoms with E-state index in [1.165, 1.54) is 16.8 Å². The summed E-state index contributed by atoms with van der Waals surface area (Å²) >= 11 is 0. The van der Waals surface area contributed by atoms with E-state index in [0.717, 1.165) is 6.54 Å². The number of hydrogen-bond acceptors (Lipinski definition) is 2. The summed E-state index contributed by atoms with van der Waals surface area (Å²) in [5.41, 5.74) is 3.70. The topological polar surface area (TPSA) is 32.3 Å². The van der Waals surface area contributed by atoms with Gasteiger partial charge in [0.15, 0.2) is 0 Å². The molecule has 2 heteroatoms. The van der Waals surface area contributed by atoms with Gasteiger partial charge in [0.1, 0.15) is 0 Å². The van der Waals surface area contributed by atoms with Gasteiger partial charge < -0.3 is 10.4 Å². The molecule has 12 heavy (non-hydrogen) atoms. The molecule has 0 aliphatic carbocycles. The van der Waals surface area contributed by atoms with Gasteiger partial charge in [0.2, 0.25) is 0 Å². The Kier molecular flexibility index (Phi) is 1.77. The Morgan fingerprint density at radius 1 is 1.58 bits per heavy atom. The smallest absolute Gasteiger partial charge is 0.0517 e. The molecule has 64 valence electrons. The molecule has 1 unspecified atom stereocenters. The van der Waals surface area contributed by atoms with Crippen molar-refractivity contribution < 1.29 is 5.11 Å². The van der Waals surface area contributed by atoms with Crippen molar-refractivity contribution >= 4 is 5.69 Å². The highest BCUT2D eigenvalue weighted by Gasteiger charge is 2.20. The minimum Gasteiger partial charge on any atom is -0.396 e. The Morgan fingerprint density at radius 2 is 2.42 bits per heavy atom. The van der Waals surface area contributed by atoms with Crippen LogP contribution in [0.2, 0.25) is 0 Å². The van der Waals surface area contributed by atoms with E-state index >= 15 is 0 Å². The number of aliphatic hydroxyl groups is 1. The molecule has 0 fully saturated rings. The number of rotatable bonds is 1. The second kappa shape index (κ2) is 2.79. The van der Waals surface area contributed by atoms with Crippen molar-refractivity contribution in [2.45, 2.75) is 12.8 Å². The third-order valence-corrected chi connectivity index (χ3v) is 2.41. The molecule has 1 aromatic rings. The summed E-state index contributed by atoms with van der Waals surface area (Å²) in [6.45, 7) is 3.19. The SMILES string of the molecule is Cc1ccc2c(c1)C(CO)CN2. The number of benzene rings is 1. The third kappa shape index (κ3) is 1.08. The maximum Gasteiger partial charge on any atom is 0.0517 e. The van der Waals surface area contributed by atoms with Crippen molar-refractivity contribution in [1.82, 2.24) is 0 Å². The molecule has 0 saturated carbocycles. The maximum atomic E-state index is 9.06. The predicted molar refractivity (Wildman–Crippen MR) is 49.5 cm³/mol. The zero-order valence-corrected chi connectivity index (χ0v) is 7.17. The largest absolute Gasteiger partial charge is 0.396 e. The Labute approximate surface area is 72.2 Å². The third-order valence-electron chi connectivity index (χ3n) is 2.41. The average Bonchev–Trinajstić information content (AvgIpc) is 2.46. The van der Waals surface area contributed by atoms with Crippen molar-refractivity contribution in [3.63, 3.8) is 0 Å². The highest BCUT2D eigenvalue weighted by molar-refractivity contribution is 5.58. The van der Waals surface area contributed by atoms with Gasteiger partial charge in [-0.05, 0) is 18.6 Å². The van der Waals surface area contributed by atoms with Crippen LogP contribution in [0.15, 0.2) is 18.2 Å². The molecule has 0 radical (unpaired) electrons. The first-order valence-electron chi connectivity index (χ1n) is 4.26. The maximum absolute atomic E-state index is 9.06. The molecule has 0 spiro atoms. The monoisotopic (exact) mass is 163 g/mol. The number of anilines is 1. The van der Waals surface area contributed by atoms with Gasteiger partial charge >= 0.3 is 0 Å². The Morgan fingerprint density at radius 3 is 3.17 bits per heavy atom. The van der Waals surface area contributed by atoms with Gasteiger partial charge in [-0.2, -0.15) is 0 Å². The van der Waals surface area contributed by atoms with Gasteiger partial charge in [-0.15, -0.1) is 0 Å². The molecule has 1 atom stereocenters. The molecular weight excluding hydrogens is 150 g/mol. The van der Waals surface area contributed by atoms with Crippen LogP contribution in [0.3, 0.4) is 0 Å². The molecule has 0 saturated heterocycles. The molecular formula is C10H13NO. The Bertz CT molecular complexity index is 296. The van der Waals surface area contributed by atoms with E-state index in [9.17, 15) is 0 Å². The van der Waals surface area contributed by atoms with E-state index in [0.29, 0.717) is 5.92 Å². The summed E-state index contributed by atoms with van der Waals surface area (Å²) in [6, 6.07) is 6.32. The fraction of sp³-hybridized carbons (Fsp3) is 0.400. The molecule has 2 rings (SSSR count). The van der Waals surface area contributed by atoms with Crippen molar-refractivity contribution in [2.75, 3.05) is 18.5 Å². The second-order valence-electron chi connectivity index (χ2n) is 3.35. The highest BCUT2D eigenvalue weighted by atomic mass is 16.3. The first-order chi connectivity index (χ1) is 5.81. The summed E-state index contributed by atoms with van der Waals surface area (Å²) in [5, 5.41) is 12.3. The quantitative estimate of drug-likeness (QED) is 0.657. The van der Waals surface area contributed by atoms with E-state index in [2.05, 4.69) is 30.4 Å². The fourth-order valence-electron chi connectivity index (χ4n) is 1.69. The fourth-order valence-corrected chi connectivity index (χ4v) is 1.69. The normalized spacial score (nSPS) is 20.3. The molecule has 1 aromatic carbocycles. The first kappa shape index (κ1) is 7.62. The molecule has 2 N–H and O–H groups in total. The molecule has 2 nitrogen and oxygen atoms in total. The van der Waals surface area contributed by atoms with Gasteiger partial charge in [-0.1, -0.05) is 17.7 Å². The van der Waals surface area contributed by atoms with Crippen LogP contribution in [-0.2, 0) is 0 Å². The predicted octanol–water partition coefficient (Wildman–Crippen LogP) is 1.50. The number of hydrogen-bond donors (Lipinski definition) is 2. The molecule has 0 aromatic heterocycles. The molecule has 1 aliphatic heterocycles. The number of nitrogens with one attached hydrogen (secondary N) is 1. The highest BCUT2D eigenvalue weighted by Crippen LogP contribution is 2.31. The van der Waals surface area contributed by atoms with Gasteiger partial charge in [0.05, 0.1) is 6.61 Å². The van der Waals surface area contributed by atoms with Gasteiger partial charge in [-0.3, -0.25) is 0 Å². The lowest BCUT2D eigenvalue weighted by molar-refractivity contribution is 0.273. The van der Waals surface area contributed by atoms with Crippen LogP contribution in [-0.4, -0.2) is 18.3 Å². The number of aliphatic hydroxyl groups excluding tert-OH is 1. The second-order valence-corrected chi connectivity index (χ2v) is 3.35. The Balaban J connectivity index is 2.42. The van der Waals surface area contributed by atoms with Crippen molar-refractivity contribution in [3.8, 4) is 0 Å². The van der Waals surface area contributed by atoms with E-state index in [4.69, 9.17) is 5.11 Å². The minimum atomic E-state index is 0.240. The molecule has 0 amide bonds. The Hall–Kier alpha value is -1.02. The molecule has 1 aliphatic rings. The van der Waals surface area contributed by atoms with Crippen LogP contribution in [0.1, 0.15) is 17.0 Å². The van der Waals surface area contributed by atoms with E-state index in [1.807, 2.05) is 0 Å². The van der Waals surface area contributed by atoms with Crippen molar-refractivity contribution in [2.24, 2.45) is 0 Å². The summed E-state index contributed by atoms with van der Waals surface area (Å²) in [7, 11) is 0.